The molecule has 2 unspecified atom stereocenters. The van der Waals surface area contributed by atoms with Crippen LogP contribution in [0.15, 0.2) is 0 Å². The van der Waals surface area contributed by atoms with Gasteiger partial charge in [-0.15, -0.1) is 0 Å². The maximum absolute atomic E-state index is 11.4. The van der Waals surface area contributed by atoms with Crippen LogP contribution in [0.5, 0.6) is 0 Å². The van der Waals surface area contributed by atoms with E-state index in [9.17, 15) is 4.79 Å². The zero-order valence-corrected chi connectivity index (χ0v) is 8.47. The first-order valence-corrected chi connectivity index (χ1v) is 5.17. The lowest BCUT2D eigenvalue weighted by Crippen LogP contribution is -2.26. The van der Waals surface area contributed by atoms with Crippen molar-refractivity contribution in [3.8, 4) is 0 Å². The normalized spacial score (nSPS) is 31.2. The highest BCUT2D eigenvalue weighted by atomic mass is 16.1. The molecule has 12 heavy (non-hydrogen) atoms. The predicted molar refractivity (Wildman–Crippen MR) is 51.0 cm³/mol. The minimum atomic E-state index is 0.381. The van der Waals surface area contributed by atoms with Crippen LogP contribution in [0.25, 0.3) is 0 Å². The van der Waals surface area contributed by atoms with Gasteiger partial charge in [0, 0.05) is 12.3 Å². The molecule has 0 N–H and O–H groups in total. The third kappa shape index (κ3) is 2.09. The Kier molecular flexibility index (Phi) is 3.30. The summed E-state index contributed by atoms with van der Waals surface area (Å²) < 4.78 is 0. The third-order valence-corrected chi connectivity index (χ3v) is 3.24. The summed E-state index contributed by atoms with van der Waals surface area (Å²) in [6, 6.07) is 0. The highest BCUT2D eigenvalue weighted by Gasteiger charge is 2.28. The average molecular weight is 168 g/mol. The maximum atomic E-state index is 11.4. The van der Waals surface area contributed by atoms with E-state index in [1.54, 1.807) is 0 Å². The molecule has 0 aromatic heterocycles. The van der Waals surface area contributed by atoms with Gasteiger partial charge in [-0.3, -0.25) is 4.79 Å². The van der Waals surface area contributed by atoms with Crippen LogP contribution in [0.4, 0.5) is 0 Å². The van der Waals surface area contributed by atoms with Crippen LogP contribution in [0.1, 0.15) is 46.5 Å². The van der Waals surface area contributed by atoms with Gasteiger partial charge < -0.3 is 0 Å². The van der Waals surface area contributed by atoms with Gasteiger partial charge >= 0.3 is 0 Å². The molecule has 1 aliphatic rings. The molecule has 0 spiro atoms. The number of hydrogen-bond acceptors (Lipinski definition) is 1. The zero-order valence-electron chi connectivity index (χ0n) is 8.47. The standard InChI is InChI=1S/C11H20O/c1-4-9-7-10(8(2)3)5-6-11(9)12/h8-10H,4-7H2,1-3H3. The van der Waals surface area contributed by atoms with Crippen molar-refractivity contribution in [2.75, 3.05) is 0 Å². The summed E-state index contributed by atoms with van der Waals surface area (Å²) in [5, 5.41) is 0. The summed E-state index contributed by atoms with van der Waals surface area (Å²) in [5.41, 5.74) is 0. The molecule has 1 fully saturated rings. The van der Waals surface area contributed by atoms with Crippen LogP contribution < -0.4 is 0 Å². The van der Waals surface area contributed by atoms with Gasteiger partial charge in [-0.25, -0.2) is 0 Å². The molecule has 1 nitrogen and oxygen atoms in total. The summed E-state index contributed by atoms with van der Waals surface area (Å²) in [6.07, 6.45) is 4.16. The quantitative estimate of drug-likeness (QED) is 0.619. The molecular weight excluding hydrogens is 148 g/mol. The number of ketones is 1. The van der Waals surface area contributed by atoms with Crippen LogP contribution in [0.3, 0.4) is 0 Å². The molecule has 2 atom stereocenters. The molecule has 1 aliphatic carbocycles. The fourth-order valence-corrected chi connectivity index (χ4v) is 2.15. The molecule has 0 amide bonds. The number of rotatable bonds is 2. The van der Waals surface area contributed by atoms with E-state index in [4.69, 9.17) is 0 Å². The van der Waals surface area contributed by atoms with Crippen LogP contribution in [0.2, 0.25) is 0 Å². The lowest BCUT2D eigenvalue weighted by molar-refractivity contribution is -0.126. The lowest BCUT2D eigenvalue weighted by atomic mass is 9.75. The van der Waals surface area contributed by atoms with E-state index in [0.29, 0.717) is 11.7 Å². The van der Waals surface area contributed by atoms with Gasteiger partial charge in [0.2, 0.25) is 0 Å². The molecule has 0 aromatic carbocycles. The molecule has 1 heteroatoms. The Morgan fingerprint density at radius 2 is 2.17 bits per heavy atom. The number of carbonyl (C=O) groups is 1. The summed E-state index contributed by atoms with van der Waals surface area (Å²) in [7, 11) is 0. The second-order valence-electron chi connectivity index (χ2n) is 4.35. The van der Waals surface area contributed by atoms with Gasteiger partial charge in [0.15, 0.2) is 0 Å². The fraction of sp³-hybridized carbons (Fsp3) is 0.909. The highest BCUT2D eigenvalue weighted by molar-refractivity contribution is 5.81. The van der Waals surface area contributed by atoms with Crippen molar-refractivity contribution in [3.05, 3.63) is 0 Å². The van der Waals surface area contributed by atoms with Crippen LogP contribution in [-0.4, -0.2) is 5.78 Å². The fourth-order valence-electron chi connectivity index (χ4n) is 2.15. The monoisotopic (exact) mass is 168 g/mol. The van der Waals surface area contributed by atoms with Gasteiger partial charge in [-0.05, 0) is 31.1 Å². The Bertz CT molecular complexity index is 160. The number of Topliss-reactive ketones (excluding diaryl/α,β-unsaturated/α-hetero) is 1. The van der Waals surface area contributed by atoms with E-state index in [0.717, 1.165) is 37.5 Å². The molecule has 1 rings (SSSR count). The third-order valence-electron chi connectivity index (χ3n) is 3.24. The van der Waals surface area contributed by atoms with E-state index in [1.165, 1.54) is 0 Å². The smallest absolute Gasteiger partial charge is 0.135 e. The second-order valence-corrected chi connectivity index (χ2v) is 4.35. The first-order valence-electron chi connectivity index (χ1n) is 5.17. The van der Waals surface area contributed by atoms with Gasteiger partial charge in [0.1, 0.15) is 5.78 Å². The summed E-state index contributed by atoms with van der Waals surface area (Å²) in [6.45, 7) is 6.67. The predicted octanol–water partition coefficient (Wildman–Crippen LogP) is 3.04. The van der Waals surface area contributed by atoms with E-state index in [-0.39, 0.29) is 0 Å². The Balaban J connectivity index is 2.49. The van der Waals surface area contributed by atoms with Gasteiger partial charge in [0.25, 0.3) is 0 Å². The summed E-state index contributed by atoms with van der Waals surface area (Å²) >= 11 is 0. The molecule has 0 radical (unpaired) electrons. The van der Waals surface area contributed by atoms with Crippen molar-refractivity contribution in [2.45, 2.75) is 46.5 Å². The van der Waals surface area contributed by atoms with E-state index in [1.807, 2.05) is 0 Å². The molecule has 0 heterocycles. The minimum absolute atomic E-state index is 0.381. The van der Waals surface area contributed by atoms with Crippen molar-refractivity contribution < 1.29 is 4.79 Å². The van der Waals surface area contributed by atoms with Crippen LogP contribution in [0, 0.1) is 17.8 Å². The Hall–Kier alpha value is -0.330. The molecule has 0 bridgehead atoms. The van der Waals surface area contributed by atoms with Crippen molar-refractivity contribution >= 4 is 5.78 Å². The lowest BCUT2D eigenvalue weighted by Gasteiger charge is -2.29. The second kappa shape index (κ2) is 4.06. The Labute approximate surface area is 75.5 Å². The van der Waals surface area contributed by atoms with Crippen molar-refractivity contribution in [1.29, 1.82) is 0 Å². The summed E-state index contributed by atoms with van der Waals surface area (Å²) in [4.78, 5) is 11.4. The molecule has 0 aromatic rings. The Morgan fingerprint density at radius 3 is 2.67 bits per heavy atom. The first kappa shape index (κ1) is 9.76. The van der Waals surface area contributed by atoms with E-state index < -0.39 is 0 Å². The number of hydrogen-bond donors (Lipinski definition) is 0. The summed E-state index contributed by atoms with van der Waals surface area (Å²) in [5.74, 6) is 2.44. The average Bonchev–Trinajstić information content (AvgIpc) is 2.05. The van der Waals surface area contributed by atoms with E-state index in [2.05, 4.69) is 20.8 Å². The van der Waals surface area contributed by atoms with Gasteiger partial charge in [0.05, 0.1) is 0 Å². The molecule has 1 saturated carbocycles. The van der Waals surface area contributed by atoms with Crippen LogP contribution in [-0.2, 0) is 4.79 Å². The molecular formula is C11H20O. The molecule has 70 valence electrons. The first-order chi connectivity index (χ1) is 5.65. The van der Waals surface area contributed by atoms with E-state index >= 15 is 0 Å². The van der Waals surface area contributed by atoms with Crippen molar-refractivity contribution in [2.24, 2.45) is 17.8 Å². The Morgan fingerprint density at radius 1 is 1.50 bits per heavy atom. The van der Waals surface area contributed by atoms with Crippen molar-refractivity contribution in [3.63, 3.8) is 0 Å². The van der Waals surface area contributed by atoms with Crippen LogP contribution >= 0.6 is 0 Å². The maximum Gasteiger partial charge on any atom is 0.135 e. The highest BCUT2D eigenvalue weighted by Crippen LogP contribution is 2.32. The largest absolute Gasteiger partial charge is 0.299 e. The minimum Gasteiger partial charge on any atom is -0.299 e. The van der Waals surface area contributed by atoms with Gasteiger partial charge in [-0.2, -0.15) is 0 Å². The molecule has 0 aliphatic heterocycles. The van der Waals surface area contributed by atoms with Crippen molar-refractivity contribution in [1.82, 2.24) is 0 Å². The topological polar surface area (TPSA) is 17.1 Å². The number of carbonyl (C=O) groups excluding carboxylic acids is 1. The molecule has 0 saturated heterocycles. The van der Waals surface area contributed by atoms with Gasteiger partial charge in [-0.1, -0.05) is 20.8 Å². The SMILES string of the molecule is CCC1CC(C(C)C)CCC1=O. The zero-order chi connectivity index (χ0) is 9.14.